The third-order valence-corrected chi connectivity index (χ3v) is 6.16. The highest BCUT2D eigenvalue weighted by Gasteiger charge is 2.32. The number of methoxy groups -OCH3 is 1. The summed E-state index contributed by atoms with van der Waals surface area (Å²) in [5, 5.41) is 0.328. The maximum Gasteiger partial charge on any atom is 0.247 e. The lowest BCUT2D eigenvalue weighted by Crippen LogP contribution is -2.37. The second kappa shape index (κ2) is 7.78. The van der Waals surface area contributed by atoms with E-state index in [1.807, 2.05) is 0 Å². The lowest BCUT2D eigenvalue weighted by molar-refractivity contribution is 0.0913. The van der Waals surface area contributed by atoms with Crippen molar-refractivity contribution in [2.45, 2.75) is 30.4 Å². The first-order chi connectivity index (χ1) is 12.0. The van der Waals surface area contributed by atoms with E-state index in [9.17, 15) is 8.42 Å². The Morgan fingerprint density at radius 2 is 2.20 bits per heavy atom. The van der Waals surface area contributed by atoms with Crippen molar-refractivity contribution in [1.29, 1.82) is 0 Å². The molecule has 2 heterocycles. The molecule has 1 fully saturated rings. The largest absolute Gasteiger partial charge is 0.495 e. The maximum atomic E-state index is 13.3. The predicted molar refractivity (Wildman–Crippen MR) is 93.3 cm³/mol. The van der Waals surface area contributed by atoms with Gasteiger partial charge in [-0.3, -0.25) is 0 Å². The minimum atomic E-state index is -3.85. The summed E-state index contributed by atoms with van der Waals surface area (Å²) in [4.78, 5) is 0.0343. The third-order valence-electron chi connectivity index (χ3n) is 4.09. The molecule has 1 aliphatic heterocycles. The summed E-state index contributed by atoms with van der Waals surface area (Å²) < 4.78 is 44.1. The first kappa shape index (κ1) is 18.3. The molecular weight excluding hydrogens is 366 g/mol. The van der Waals surface area contributed by atoms with E-state index in [1.165, 1.54) is 23.7 Å². The minimum absolute atomic E-state index is 0.0343. The zero-order valence-corrected chi connectivity index (χ0v) is 15.4. The molecule has 0 N–H and O–H groups in total. The number of hydrogen-bond donors (Lipinski definition) is 0. The predicted octanol–water partition coefficient (Wildman–Crippen LogP) is 3.31. The Bertz CT molecular complexity index is 800. The molecule has 0 bridgehead atoms. The van der Waals surface area contributed by atoms with Crippen LogP contribution < -0.4 is 4.74 Å². The van der Waals surface area contributed by atoms with Crippen molar-refractivity contribution < 1.29 is 22.3 Å². The zero-order valence-electron chi connectivity index (χ0n) is 13.9. The van der Waals surface area contributed by atoms with Gasteiger partial charge < -0.3 is 13.9 Å². The normalized spacial score (nSPS) is 18.0. The molecule has 8 heteroatoms. The number of sulfonamides is 1. The fraction of sp³-hybridized carbons (Fsp3) is 0.412. The summed E-state index contributed by atoms with van der Waals surface area (Å²) in [5.74, 6) is 0.809. The topological polar surface area (TPSA) is 69.0 Å². The molecule has 1 aliphatic rings. The van der Waals surface area contributed by atoms with Crippen molar-refractivity contribution in [3.8, 4) is 5.75 Å². The van der Waals surface area contributed by atoms with Crippen molar-refractivity contribution in [2.24, 2.45) is 0 Å². The molecule has 1 atom stereocenters. The fourth-order valence-corrected chi connectivity index (χ4v) is 4.69. The van der Waals surface area contributed by atoms with Gasteiger partial charge in [0, 0.05) is 18.2 Å². The van der Waals surface area contributed by atoms with E-state index < -0.39 is 10.0 Å². The molecule has 1 aromatic carbocycles. The molecule has 0 amide bonds. The molecule has 0 spiro atoms. The molecule has 2 aromatic rings. The number of benzene rings is 1. The van der Waals surface area contributed by atoms with Crippen LogP contribution in [-0.2, 0) is 21.3 Å². The Kier molecular flexibility index (Phi) is 5.68. The molecule has 1 unspecified atom stereocenters. The van der Waals surface area contributed by atoms with Gasteiger partial charge in [0.05, 0.1) is 26.0 Å². The second-order valence-electron chi connectivity index (χ2n) is 5.81. The fourth-order valence-electron chi connectivity index (χ4n) is 2.83. The van der Waals surface area contributed by atoms with Crippen LogP contribution in [0.3, 0.4) is 0 Å². The average Bonchev–Trinajstić information content (AvgIpc) is 3.28. The van der Waals surface area contributed by atoms with E-state index in [1.54, 1.807) is 24.3 Å². The van der Waals surface area contributed by atoms with E-state index in [0.717, 1.165) is 12.8 Å². The lowest BCUT2D eigenvalue weighted by Gasteiger charge is -2.25. The van der Waals surface area contributed by atoms with E-state index in [2.05, 4.69) is 0 Å². The lowest BCUT2D eigenvalue weighted by atomic mass is 10.2. The Morgan fingerprint density at radius 1 is 1.36 bits per heavy atom. The molecule has 25 heavy (non-hydrogen) atoms. The van der Waals surface area contributed by atoms with Crippen molar-refractivity contribution in [3.63, 3.8) is 0 Å². The molecule has 0 saturated carbocycles. The first-order valence-corrected chi connectivity index (χ1v) is 9.80. The van der Waals surface area contributed by atoms with Crippen LogP contribution in [0.2, 0.25) is 5.02 Å². The Morgan fingerprint density at radius 3 is 2.84 bits per heavy atom. The summed E-state index contributed by atoms with van der Waals surface area (Å²) in [6, 6.07) is 8.02. The molecule has 1 aromatic heterocycles. The Balaban J connectivity index is 1.96. The maximum absolute atomic E-state index is 13.3. The van der Waals surface area contributed by atoms with Crippen LogP contribution in [0.15, 0.2) is 45.9 Å². The van der Waals surface area contributed by atoms with Gasteiger partial charge in [0.25, 0.3) is 0 Å². The van der Waals surface area contributed by atoms with Crippen molar-refractivity contribution in [2.75, 3.05) is 20.3 Å². The molecule has 136 valence electrons. The van der Waals surface area contributed by atoms with Gasteiger partial charge >= 0.3 is 0 Å². The van der Waals surface area contributed by atoms with Gasteiger partial charge in [-0.05, 0) is 43.2 Å². The SMILES string of the molecule is COc1ccc(Cl)cc1S(=O)(=O)N(Cc1ccco1)CC1CCCO1. The van der Waals surface area contributed by atoms with Crippen LogP contribution >= 0.6 is 11.6 Å². The van der Waals surface area contributed by atoms with Crippen LogP contribution in [0.4, 0.5) is 0 Å². The number of halogens is 1. The van der Waals surface area contributed by atoms with Gasteiger partial charge in [0.15, 0.2) is 0 Å². The van der Waals surface area contributed by atoms with Crippen LogP contribution in [0.1, 0.15) is 18.6 Å². The highest BCUT2D eigenvalue weighted by molar-refractivity contribution is 7.89. The van der Waals surface area contributed by atoms with Gasteiger partial charge in [-0.2, -0.15) is 4.31 Å². The number of rotatable bonds is 7. The molecule has 0 aliphatic carbocycles. The highest BCUT2D eigenvalue weighted by atomic mass is 35.5. The summed E-state index contributed by atoms with van der Waals surface area (Å²) in [6.45, 7) is 1.02. The average molecular weight is 386 g/mol. The molecule has 3 rings (SSSR count). The molecular formula is C17H20ClNO5S. The number of furan rings is 1. The summed E-state index contributed by atoms with van der Waals surface area (Å²) in [7, 11) is -2.42. The molecule has 6 nitrogen and oxygen atoms in total. The van der Waals surface area contributed by atoms with E-state index in [-0.39, 0.29) is 29.8 Å². The van der Waals surface area contributed by atoms with Crippen molar-refractivity contribution >= 4 is 21.6 Å². The summed E-state index contributed by atoms with van der Waals surface area (Å²) in [6.07, 6.45) is 3.15. The van der Waals surface area contributed by atoms with Gasteiger partial charge in [0.1, 0.15) is 16.4 Å². The summed E-state index contributed by atoms with van der Waals surface area (Å²) in [5.41, 5.74) is 0. The van der Waals surface area contributed by atoms with Crippen LogP contribution in [0.5, 0.6) is 5.75 Å². The monoisotopic (exact) mass is 385 g/mol. The van der Waals surface area contributed by atoms with Crippen molar-refractivity contribution in [1.82, 2.24) is 4.31 Å². The number of ether oxygens (including phenoxy) is 2. The minimum Gasteiger partial charge on any atom is -0.495 e. The standard InChI is InChI=1S/C17H20ClNO5S/c1-22-16-7-6-13(18)10-17(16)25(20,21)19(11-14-4-2-8-23-14)12-15-5-3-9-24-15/h2,4,6-8,10,15H,3,5,9,11-12H2,1H3. The smallest absolute Gasteiger partial charge is 0.247 e. The Labute approximate surface area is 152 Å². The second-order valence-corrected chi connectivity index (χ2v) is 8.15. The van der Waals surface area contributed by atoms with E-state index in [0.29, 0.717) is 17.4 Å². The van der Waals surface area contributed by atoms with Crippen LogP contribution in [-0.4, -0.2) is 39.1 Å². The van der Waals surface area contributed by atoms with Crippen molar-refractivity contribution in [3.05, 3.63) is 47.4 Å². The third kappa shape index (κ3) is 4.17. The van der Waals surface area contributed by atoms with Gasteiger partial charge in [0.2, 0.25) is 10.0 Å². The van der Waals surface area contributed by atoms with Gasteiger partial charge in [-0.1, -0.05) is 11.6 Å². The van der Waals surface area contributed by atoms with Crippen LogP contribution in [0, 0.1) is 0 Å². The quantitative estimate of drug-likeness (QED) is 0.731. The van der Waals surface area contributed by atoms with E-state index >= 15 is 0 Å². The van der Waals surface area contributed by atoms with Gasteiger partial charge in [-0.15, -0.1) is 0 Å². The van der Waals surface area contributed by atoms with Gasteiger partial charge in [-0.25, -0.2) is 8.42 Å². The Hall–Kier alpha value is -1.54. The zero-order chi connectivity index (χ0) is 17.9. The number of nitrogens with zero attached hydrogens (tertiary/aromatic N) is 1. The van der Waals surface area contributed by atoms with Crippen LogP contribution in [0.25, 0.3) is 0 Å². The summed E-state index contributed by atoms with van der Waals surface area (Å²) >= 11 is 6.02. The molecule has 1 saturated heterocycles. The highest BCUT2D eigenvalue weighted by Crippen LogP contribution is 2.31. The molecule has 0 radical (unpaired) electrons. The van der Waals surface area contributed by atoms with E-state index in [4.69, 9.17) is 25.5 Å². The first-order valence-electron chi connectivity index (χ1n) is 7.98. The number of hydrogen-bond acceptors (Lipinski definition) is 5.